The van der Waals surface area contributed by atoms with Crippen LogP contribution in [0.25, 0.3) is 0 Å². The largest absolute Gasteiger partial charge is 0.497 e. The molecule has 0 aliphatic carbocycles. The van der Waals surface area contributed by atoms with Crippen molar-refractivity contribution in [1.82, 2.24) is 4.90 Å². The van der Waals surface area contributed by atoms with Crippen molar-refractivity contribution in [3.8, 4) is 5.75 Å². The van der Waals surface area contributed by atoms with Crippen LogP contribution in [0.15, 0.2) is 48.5 Å². The van der Waals surface area contributed by atoms with Crippen LogP contribution in [0.1, 0.15) is 38.7 Å². The summed E-state index contributed by atoms with van der Waals surface area (Å²) in [6, 6.07) is 13.5. The molecule has 3 rings (SSSR count). The number of carbonyl (C=O) groups excluding carboxylic acids is 2. The lowest BCUT2D eigenvalue weighted by atomic mass is 10.0. The second-order valence-electron chi connectivity index (χ2n) is 6.08. The fourth-order valence-electron chi connectivity index (χ4n) is 3.17. The van der Waals surface area contributed by atoms with E-state index in [1.165, 1.54) is 6.07 Å². The number of hydrogen-bond donors (Lipinski definition) is 2. The van der Waals surface area contributed by atoms with E-state index in [0.717, 1.165) is 5.56 Å². The second-order valence-corrected chi connectivity index (χ2v) is 6.08. The van der Waals surface area contributed by atoms with Crippen molar-refractivity contribution in [3.05, 3.63) is 65.2 Å². The van der Waals surface area contributed by atoms with Gasteiger partial charge in [0.05, 0.1) is 19.3 Å². The smallest absolute Gasteiger partial charge is 0.254 e. The van der Waals surface area contributed by atoms with Crippen LogP contribution in [0.4, 0.5) is 0 Å². The molecule has 2 atom stereocenters. The minimum Gasteiger partial charge on any atom is -0.497 e. The summed E-state index contributed by atoms with van der Waals surface area (Å²) in [5, 5.41) is 10.1. The van der Waals surface area contributed by atoms with E-state index in [1.54, 1.807) is 30.2 Å². The van der Waals surface area contributed by atoms with Crippen LogP contribution < -0.4 is 10.5 Å². The van der Waals surface area contributed by atoms with Crippen molar-refractivity contribution in [2.24, 2.45) is 5.73 Å². The third-order valence-electron chi connectivity index (χ3n) is 4.41. The minimum absolute atomic E-state index is 0.238. The Morgan fingerprint density at radius 3 is 2.60 bits per heavy atom. The molecule has 2 aromatic rings. The van der Waals surface area contributed by atoms with Gasteiger partial charge in [-0.25, -0.2) is 0 Å². The van der Waals surface area contributed by atoms with E-state index in [2.05, 4.69) is 0 Å². The first-order valence-corrected chi connectivity index (χ1v) is 8.02. The number of likely N-dealkylation sites (tertiary alicyclic amines) is 1. The lowest BCUT2D eigenvalue weighted by Gasteiger charge is -2.25. The average Bonchev–Trinajstić information content (AvgIpc) is 3.03. The van der Waals surface area contributed by atoms with Crippen molar-refractivity contribution in [2.45, 2.75) is 18.6 Å². The van der Waals surface area contributed by atoms with Crippen LogP contribution in [0, 0.1) is 0 Å². The first-order valence-electron chi connectivity index (χ1n) is 8.02. The molecule has 0 radical (unpaired) electrons. The predicted octanol–water partition coefficient (Wildman–Crippen LogP) is 1.74. The number of benzene rings is 2. The lowest BCUT2D eigenvalue weighted by Crippen LogP contribution is -2.32. The van der Waals surface area contributed by atoms with E-state index in [1.807, 2.05) is 24.3 Å². The number of methoxy groups -OCH3 is 1. The maximum absolute atomic E-state index is 12.9. The maximum atomic E-state index is 12.9. The summed E-state index contributed by atoms with van der Waals surface area (Å²) >= 11 is 0. The second kappa shape index (κ2) is 6.94. The molecule has 1 fully saturated rings. The topological polar surface area (TPSA) is 92.9 Å². The standard InChI is InChI=1S/C19H20N2O4/c1-25-16-7-3-4-12(9-16)17-10-15(22)11-21(17)19(24)14-6-2-5-13(8-14)18(20)23/h2-9,15,17,22H,10-11H2,1H3,(H2,20,23). The van der Waals surface area contributed by atoms with Gasteiger partial charge in [-0.1, -0.05) is 18.2 Å². The Morgan fingerprint density at radius 2 is 1.88 bits per heavy atom. The van der Waals surface area contributed by atoms with E-state index in [4.69, 9.17) is 10.5 Å². The number of nitrogens with two attached hydrogens (primary N) is 1. The Labute approximate surface area is 145 Å². The number of aliphatic hydroxyl groups is 1. The van der Waals surface area contributed by atoms with Gasteiger partial charge in [-0.05, 0) is 42.3 Å². The Balaban J connectivity index is 1.92. The SMILES string of the molecule is COc1cccc(C2CC(O)CN2C(=O)c2cccc(C(N)=O)c2)c1. The molecular weight excluding hydrogens is 320 g/mol. The maximum Gasteiger partial charge on any atom is 0.254 e. The summed E-state index contributed by atoms with van der Waals surface area (Å²) in [5.74, 6) is -0.130. The third-order valence-corrected chi connectivity index (χ3v) is 4.41. The molecule has 1 aliphatic heterocycles. The summed E-state index contributed by atoms with van der Waals surface area (Å²) in [6.07, 6.45) is -0.145. The lowest BCUT2D eigenvalue weighted by molar-refractivity contribution is 0.0715. The summed E-state index contributed by atoms with van der Waals surface area (Å²) in [4.78, 5) is 25.9. The fourth-order valence-corrected chi connectivity index (χ4v) is 3.17. The zero-order valence-corrected chi connectivity index (χ0v) is 13.9. The number of nitrogens with zero attached hydrogens (tertiary/aromatic N) is 1. The molecule has 6 nitrogen and oxygen atoms in total. The summed E-state index contributed by atoms with van der Waals surface area (Å²) < 4.78 is 5.25. The average molecular weight is 340 g/mol. The Kier molecular flexibility index (Phi) is 4.72. The van der Waals surface area contributed by atoms with Crippen LogP contribution in [0.5, 0.6) is 5.75 Å². The van der Waals surface area contributed by atoms with Crippen molar-refractivity contribution >= 4 is 11.8 Å². The molecule has 1 aliphatic rings. The summed E-state index contributed by atoms with van der Waals surface area (Å²) in [5.41, 5.74) is 6.84. The zero-order chi connectivity index (χ0) is 18.0. The molecule has 0 aromatic heterocycles. The molecular formula is C19H20N2O4. The Morgan fingerprint density at radius 1 is 1.16 bits per heavy atom. The van der Waals surface area contributed by atoms with Gasteiger partial charge in [-0.3, -0.25) is 9.59 Å². The molecule has 2 amide bonds. The van der Waals surface area contributed by atoms with Crippen LogP contribution in [0.2, 0.25) is 0 Å². The van der Waals surface area contributed by atoms with Crippen molar-refractivity contribution in [3.63, 3.8) is 0 Å². The van der Waals surface area contributed by atoms with E-state index in [0.29, 0.717) is 17.7 Å². The number of amides is 2. The van der Waals surface area contributed by atoms with Crippen LogP contribution in [0.3, 0.4) is 0 Å². The highest BCUT2D eigenvalue weighted by Crippen LogP contribution is 2.34. The van der Waals surface area contributed by atoms with Crippen molar-refractivity contribution in [1.29, 1.82) is 0 Å². The first kappa shape index (κ1) is 17.0. The monoisotopic (exact) mass is 340 g/mol. The van der Waals surface area contributed by atoms with Gasteiger partial charge in [-0.2, -0.15) is 0 Å². The predicted molar refractivity (Wildman–Crippen MR) is 92.4 cm³/mol. The minimum atomic E-state index is -0.598. The number of ether oxygens (including phenoxy) is 1. The van der Waals surface area contributed by atoms with E-state index >= 15 is 0 Å². The number of aliphatic hydroxyl groups excluding tert-OH is 1. The van der Waals surface area contributed by atoms with Gasteiger partial charge in [0, 0.05) is 17.7 Å². The highest BCUT2D eigenvalue weighted by molar-refractivity contribution is 5.99. The number of β-amino-alcohol motifs (C(OH)–C–C–N with tert-alkyl or cyclic N) is 1. The van der Waals surface area contributed by atoms with Gasteiger partial charge in [-0.15, -0.1) is 0 Å². The number of carbonyl (C=O) groups is 2. The van der Waals surface area contributed by atoms with Gasteiger partial charge in [0.1, 0.15) is 5.75 Å². The molecule has 0 bridgehead atoms. The number of primary amides is 1. The fraction of sp³-hybridized carbons (Fsp3) is 0.263. The van der Waals surface area contributed by atoms with Gasteiger partial charge in [0.15, 0.2) is 0 Å². The van der Waals surface area contributed by atoms with Crippen LogP contribution in [-0.2, 0) is 0 Å². The molecule has 1 saturated heterocycles. The molecule has 0 saturated carbocycles. The molecule has 130 valence electrons. The normalized spacial score (nSPS) is 19.7. The molecule has 1 heterocycles. The van der Waals surface area contributed by atoms with E-state index < -0.39 is 12.0 Å². The molecule has 0 spiro atoms. The Hall–Kier alpha value is -2.86. The Bertz CT molecular complexity index is 806. The highest BCUT2D eigenvalue weighted by atomic mass is 16.5. The van der Waals surface area contributed by atoms with Crippen molar-refractivity contribution in [2.75, 3.05) is 13.7 Å². The highest BCUT2D eigenvalue weighted by Gasteiger charge is 2.36. The van der Waals surface area contributed by atoms with Crippen molar-refractivity contribution < 1.29 is 19.4 Å². The number of rotatable bonds is 4. The van der Waals surface area contributed by atoms with Crippen LogP contribution in [-0.4, -0.2) is 41.6 Å². The molecule has 6 heteroatoms. The molecule has 2 aromatic carbocycles. The van der Waals surface area contributed by atoms with Gasteiger partial charge in [0.2, 0.25) is 5.91 Å². The molecule has 25 heavy (non-hydrogen) atoms. The third kappa shape index (κ3) is 3.49. The van der Waals surface area contributed by atoms with Gasteiger partial charge in [0.25, 0.3) is 5.91 Å². The van der Waals surface area contributed by atoms with E-state index in [9.17, 15) is 14.7 Å². The first-order chi connectivity index (χ1) is 12.0. The van der Waals surface area contributed by atoms with Gasteiger partial charge >= 0.3 is 0 Å². The van der Waals surface area contributed by atoms with E-state index in [-0.39, 0.29) is 24.1 Å². The van der Waals surface area contributed by atoms with Crippen LogP contribution >= 0.6 is 0 Å². The quantitative estimate of drug-likeness (QED) is 0.887. The molecule has 2 unspecified atom stereocenters. The molecule has 3 N–H and O–H groups in total. The summed E-state index contributed by atoms with van der Waals surface area (Å²) in [6.45, 7) is 0.238. The van der Waals surface area contributed by atoms with Gasteiger partial charge < -0.3 is 20.5 Å². The number of hydrogen-bond acceptors (Lipinski definition) is 4. The zero-order valence-electron chi connectivity index (χ0n) is 13.9. The summed E-state index contributed by atoms with van der Waals surface area (Å²) in [7, 11) is 1.58.